The van der Waals surface area contributed by atoms with E-state index in [1.807, 2.05) is 19.1 Å². The molecule has 1 aliphatic heterocycles. The van der Waals surface area contributed by atoms with Gasteiger partial charge in [-0.1, -0.05) is 12.5 Å². The Bertz CT molecular complexity index is 434. The van der Waals surface area contributed by atoms with Crippen molar-refractivity contribution >= 4 is 5.97 Å². The maximum Gasteiger partial charge on any atom is 0.335 e. The Kier molecular flexibility index (Phi) is 3.48. The molecule has 0 aromatic heterocycles. The molecule has 3 heteroatoms. The number of aromatic carboxylic acids is 1. The van der Waals surface area contributed by atoms with Gasteiger partial charge in [-0.2, -0.15) is 0 Å². The lowest BCUT2D eigenvalue weighted by Gasteiger charge is -2.26. The number of aryl methyl sites for hydroxylation is 2. The number of hydrogen-bond acceptors (Lipinski definition) is 2. The lowest BCUT2D eigenvalue weighted by Crippen LogP contribution is -2.27. The van der Waals surface area contributed by atoms with Crippen LogP contribution in [-0.2, 0) is 0 Å². The number of nitrogens with one attached hydrogen (secondary N) is 1. The van der Waals surface area contributed by atoms with Gasteiger partial charge in [-0.25, -0.2) is 4.79 Å². The summed E-state index contributed by atoms with van der Waals surface area (Å²) in [6.45, 7) is 4.94. The summed E-state index contributed by atoms with van der Waals surface area (Å²) in [5.74, 6) is -0.834. The molecule has 1 aliphatic rings. The summed E-state index contributed by atoms with van der Waals surface area (Å²) in [4.78, 5) is 11.1. The van der Waals surface area contributed by atoms with Crippen LogP contribution in [-0.4, -0.2) is 17.6 Å². The number of piperidine rings is 1. The summed E-state index contributed by atoms with van der Waals surface area (Å²) >= 11 is 0. The normalized spacial score (nSPS) is 20.2. The molecule has 17 heavy (non-hydrogen) atoms. The van der Waals surface area contributed by atoms with Crippen LogP contribution in [0, 0.1) is 13.8 Å². The Morgan fingerprint density at radius 3 is 2.65 bits per heavy atom. The molecule has 0 radical (unpaired) electrons. The fraction of sp³-hybridized carbons (Fsp3) is 0.500. The molecule has 3 nitrogen and oxygen atoms in total. The number of rotatable bonds is 2. The molecule has 0 aliphatic carbocycles. The van der Waals surface area contributed by atoms with Crippen LogP contribution in [0.5, 0.6) is 0 Å². The highest BCUT2D eigenvalue weighted by atomic mass is 16.4. The van der Waals surface area contributed by atoms with Gasteiger partial charge in [-0.3, -0.25) is 0 Å². The van der Waals surface area contributed by atoms with Crippen LogP contribution in [0.2, 0.25) is 0 Å². The summed E-state index contributed by atoms with van der Waals surface area (Å²) < 4.78 is 0. The minimum absolute atomic E-state index is 0.322. The zero-order valence-electron chi connectivity index (χ0n) is 10.4. The van der Waals surface area contributed by atoms with Gasteiger partial charge < -0.3 is 10.4 Å². The molecule has 92 valence electrons. The molecule has 1 atom stereocenters. The Hall–Kier alpha value is -1.35. The second kappa shape index (κ2) is 4.88. The van der Waals surface area contributed by atoms with Crippen molar-refractivity contribution in [2.75, 3.05) is 6.54 Å². The van der Waals surface area contributed by atoms with E-state index < -0.39 is 5.97 Å². The van der Waals surface area contributed by atoms with E-state index in [1.165, 1.54) is 18.4 Å². The monoisotopic (exact) mass is 233 g/mol. The van der Waals surface area contributed by atoms with E-state index in [1.54, 1.807) is 0 Å². The van der Waals surface area contributed by atoms with Gasteiger partial charge in [-0.15, -0.1) is 0 Å². The van der Waals surface area contributed by atoms with Gasteiger partial charge >= 0.3 is 5.97 Å². The van der Waals surface area contributed by atoms with Crippen molar-refractivity contribution in [3.8, 4) is 0 Å². The highest BCUT2D eigenvalue weighted by molar-refractivity contribution is 5.89. The van der Waals surface area contributed by atoms with Gasteiger partial charge in [0.25, 0.3) is 0 Å². The largest absolute Gasteiger partial charge is 0.478 e. The van der Waals surface area contributed by atoms with Gasteiger partial charge in [0.15, 0.2) is 0 Å². The Morgan fingerprint density at radius 1 is 1.29 bits per heavy atom. The smallest absolute Gasteiger partial charge is 0.335 e. The average Bonchev–Trinajstić information content (AvgIpc) is 2.29. The van der Waals surface area contributed by atoms with Crippen LogP contribution in [0.25, 0.3) is 0 Å². The number of benzene rings is 1. The molecule has 1 aromatic rings. The summed E-state index contributed by atoms with van der Waals surface area (Å²) in [7, 11) is 0. The van der Waals surface area contributed by atoms with Crippen molar-refractivity contribution in [1.29, 1.82) is 0 Å². The SMILES string of the molecule is Cc1cc(C)c(C2CCCCN2)cc1C(=O)O. The van der Waals surface area contributed by atoms with Crippen LogP contribution in [0.1, 0.15) is 52.4 Å². The third-order valence-corrected chi connectivity index (χ3v) is 3.53. The molecular weight excluding hydrogens is 214 g/mol. The molecule has 1 saturated heterocycles. The first-order chi connectivity index (χ1) is 8.09. The van der Waals surface area contributed by atoms with E-state index in [0.717, 1.165) is 24.1 Å². The van der Waals surface area contributed by atoms with Crippen molar-refractivity contribution in [3.63, 3.8) is 0 Å². The summed E-state index contributed by atoms with van der Waals surface area (Å²) in [5, 5.41) is 12.6. The molecule has 1 aromatic carbocycles. The van der Waals surface area contributed by atoms with Crippen molar-refractivity contribution in [3.05, 3.63) is 34.4 Å². The Balaban J connectivity index is 2.38. The average molecular weight is 233 g/mol. The number of carboxylic acid groups (broad SMARTS) is 1. The van der Waals surface area contributed by atoms with Gasteiger partial charge in [0.05, 0.1) is 5.56 Å². The molecule has 0 amide bonds. The Labute approximate surface area is 102 Å². The van der Waals surface area contributed by atoms with E-state index >= 15 is 0 Å². The van der Waals surface area contributed by atoms with Crippen LogP contribution < -0.4 is 5.32 Å². The Morgan fingerprint density at radius 2 is 2.06 bits per heavy atom. The molecule has 2 rings (SSSR count). The fourth-order valence-corrected chi connectivity index (χ4v) is 2.59. The zero-order valence-corrected chi connectivity index (χ0v) is 10.4. The van der Waals surface area contributed by atoms with Crippen LogP contribution in [0.15, 0.2) is 12.1 Å². The first kappa shape index (κ1) is 12.1. The van der Waals surface area contributed by atoms with Gasteiger partial charge in [0.2, 0.25) is 0 Å². The molecule has 1 heterocycles. The molecule has 2 N–H and O–H groups in total. The van der Waals surface area contributed by atoms with Gasteiger partial charge in [0, 0.05) is 6.04 Å². The van der Waals surface area contributed by atoms with Crippen molar-refractivity contribution in [1.82, 2.24) is 5.32 Å². The molecule has 1 fully saturated rings. The lowest BCUT2D eigenvalue weighted by molar-refractivity contribution is 0.0696. The third kappa shape index (κ3) is 2.50. The molecule has 0 saturated carbocycles. The van der Waals surface area contributed by atoms with Crippen molar-refractivity contribution < 1.29 is 9.90 Å². The quantitative estimate of drug-likeness (QED) is 0.825. The third-order valence-electron chi connectivity index (χ3n) is 3.53. The fourth-order valence-electron chi connectivity index (χ4n) is 2.59. The van der Waals surface area contributed by atoms with Crippen molar-refractivity contribution in [2.45, 2.75) is 39.2 Å². The van der Waals surface area contributed by atoms with E-state index in [-0.39, 0.29) is 0 Å². The van der Waals surface area contributed by atoms with E-state index in [4.69, 9.17) is 5.11 Å². The summed E-state index contributed by atoms with van der Waals surface area (Å²) in [6, 6.07) is 4.15. The van der Waals surface area contributed by atoms with Gasteiger partial charge in [0.1, 0.15) is 0 Å². The van der Waals surface area contributed by atoms with E-state index in [0.29, 0.717) is 11.6 Å². The molecule has 0 spiro atoms. The zero-order chi connectivity index (χ0) is 12.4. The lowest BCUT2D eigenvalue weighted by atomic mass is 9.91. The highest BCUT2D eigenvalue weighted by Gasteiger charge is 2.19. The topological polar surface area (TPSA) is 49.3 Å². The van der Waals surface area contributed by atoms with Crippen LogP contribution >= 0.6 is 0 Å². The van der Waals surface area contributed by atoms with Gasteiger partial charge in [-0.05, 0) is 56.0 Å². The molecular formula is C14H19NO2. The summed E-state index contributed by atoms with van der Waals surface area (Å²) in [6.07, 6.45) is 3.53. The van der Waals surface area contributed by atoms with Crippen LogP contribution in [0.4, 0.5) is 0 Å². The molecule has 1 unspecified atom stereocenters. The highest BCUT2D eigenvalue weighted by Crippen LogP contribution is 2.27. The van der Waals surface area contributed by atoms with E-state index in [2.05, 4.69) is 12.2 Å². The number of carboxylic acids is 1. The van der Waals surface area contributed by atoms with E-state index in [9.17, 15) is 4.79 Å². The minimum atomic E-state index is -0.834. The predicted molar refractivity (Wildman–Crippen MR) is 67.5 cm³/mol. The predicted octanol–water partition coefficient (Wildman–Crippen LogP) is 2.82. The second-order valence-corrected chi connectivity index (χ2v) is 4.83. The van der Waals surface area contributed by atoms with Crippen LogP contribution in [0.3, 0.4) is 0 Å². The van der Waals surface area contributed by atoms with Crippen molar-refractivity contribution in [2.24, 2.45) is 0 Å². The standard InChI is InChI=1S/C14H19NO2/c1-9-7-10(2)12(14(16)17)8-11(9)13-5-3-4-6-15-13/h7-8,13,15H,3-6H2,1-2H3,(H,16,17). The first-order valence-electron chi connectivity index (χ1n) is 6.17. The number of hydrogen-bond donors (Lipinski definition) is 2. The maximum atomic E-state index is 11.1. The summed E-state index contributed by atoms with van der Waals surface area (Å²) in [5.41, 5.74) is 3.60. The second-order valence-electron chi connectivity index (χ2n) is 4.83. The first-order valence-corrected chi connectivity index (χ1v) is 6.17. The number of carbonyl (C=O) groups is 1. The molecule has 0 bridgehead atoms. The minimum Gasteiger partial charge on any atom is -0.478 e. The maximum absolute atomic E-state index is 11.1.